The summed E-state index contributed by atoms with van der Waals surface area (Å²) >= 11 is 0. The fourth-order valence-corrected chi connectivity index (χ4v) is 1.94. The summed E-state index contributed by atoms with van der Waals surface area (Å²) in [7, 11) is 1.94. The van der Waals surface area contributed by atoms with Crippen molar-refractivity contribution in [2.75, 3.05) is 6.54 Å². The van der Waals surface area contributed by atoms with Crippen LogP contribution in [-0.2, 0) is 20.0 Å². The highest BCUT2D eigenvalue weighted by Crippen LogP contribution is 2.19. The fourth-order valence-electron chi connectivity index (χ4n) is 1.94. The molecule has 0 spiro atoms. The Bertz CT molecular complexity index is 543. The van der Waals surface area contributed by atoms with Gasteiger partial charge in [-0.3, -0.25) is 0 Å². The van der Waals surface area contributed by atoms with E-state index >= 15 is 0 Å². The summed E-state index contributed by atoms with van der Waals surface area (Å²) < 4.78 is 28.8. The third-order valence-electron chi connectivity index (χ3n) is 2.90. The SMILES string of the molecule is Cn1ccc(CNCCc2c(F)cc(O)cc2F)c1. The van der Waals surface area contributed by atoms with Crippen molar-refractivity contribution >= 4 is 0 Å². The summed E-state index contributed by atoms with van der Waals surface area (Å²) in [4.78, 5) is 0. The van der Waals surface area contributed by atoms with Crippen molar-refractivity contribution in [3.8, 4) is 5.75 Å². The molecule has 102 valence electrons. The molecule has 3 nitrogen and oxygen atoms in total. The third-order valence-corrected chi connectivity index (χ3v) is 2.90. The first-order chi connectivity index (χ1) is 9.06. The summed E-state index contributed by atoms with van der Waals surface area (Å²) in [5.74, 6) is -1.81. The molecular formula is C14H16F2N2O. The van der Waals surface area contributed by atoms with Gasteiger partial charge in [-0.2, -0.15) is 0 Å². The molecule has 0 bridgehead atoms. The molecule has 0 fully saturated rings. The van der Waals surface area contributed by atoms with E-state index in [0.717, 1.165) is 17.7 Å². The van der Waals surface area contributed by atoms with Crippen LogP contribution in [0.5, 0.6) is 5.75 Å². The minimum absolute atomic E-state index is 0.00152. The van der Waals surface area contributed by atoms with E-state index in [1.807, 2.05) is 30.1 Å². The Morgan fingerprint density at radius 3 is 2.53 bits per heavy atom. The molecule has 0 aliphatic rings. The lowest BCUT2D eigenvalue weighted by atomic mass is 10.1. The number of aromatic hydroxyl groups is 1. The average Bonchev–Trinajstić information content (AvgIpc) is 2.73. The zero-order valence-electron chi connectivity index (χ0n) is 10.7. The van der Waals surface area contributed by atoms with E-state index in [0.29, 0.717) is 13.1 Å². The lowest BCUT2D eigenvalue weighted by Crippen LogP contribution is -2.17. The van der Waals surface area contributed by atoms with Gasteiger partial charge in [-0.25, -0.2) is 8.78 Å². The second kappa shape index (κ2) is 5.84. The van der Waals surface area contributed by atoms with Gasteiger partial charge in [0.15, 0.2) is 0 Å². The molecule has 0 unspecified atom stereocenters. The van der Waals surface area contributed by atoms with E-state index in [9.17, 15) is 8.78 Å². The molecule has 5 heteroatoms. The van der Waals surface area contributed by atoms with E-state index in [1.54, 1.807) is 0 Å². The molecule has 1 heterocycles. The Hall–Kier alpha value is -1.88. The second-order valence-corrected chi connectivity index (χ2v) is 4.50. The van der Waals surface area contributed by atoms with Crippen molar-refractivity contribution in [1.29, 1.82) is 0 Å². The molecule has 1 aromatic heterocycles. The fraction of sp³-hybridized carbons (Fsp3) is 0.286. The highest BCUT2D eigenvalue weighted by Gasteiger charge is 2.10. The maximum atomic E-state index is 13.4. The van der Waals surface area contributed by atoms with Gasteiger partial charge in [-0.1, -0.05) is 0 Å². The minimum atomic E-state index is -0.709. The molecular weight excluding hydrogens is 250 g/mol. The maximum Gasteiger partial charge on any atom is 0.133 e. The number of nitrogens with one attached hydrogen (secondary N) is 1. The Labute approximate surface area is 110 Å². The van der Waals surface area contributed by atoms with Crippen LogP contribution < -0.4 is 5.32 Å². The Kier molecular flexibility index (Phi) is 4.16. The first-order valence-electron chi connectivity index (χ1n) is 6.04. The van der Waals surface area contributed by atoms with E-state index in [4.69, 9.17) is 5.11 Å². The van der Waals surface area contributed by atoms with Gasteiger partial charge in [0.25, 0.3) is 0 Å². The maximum absolute atomic E-state index is 13.4. The molecule has 0 aliphatic heterocycles. The van der Waals surface area contributed by atoms with Crippen molar-refractivity contribution in [3.05, 3.63) is 53.4 Å². The molecule has 0 amide bonds. The number of phenolic OH excluding ortho intramolecular Hbond substituents is 1. The van der Waals surface area contributed by atoms with Crippen LogP contribution in [0, 0.1) is 11.6 Å². The van der Waals surface area contributed by atoms with E-state index in [1.165, 1.54) is 0 Å². The van der Waals surface area contributed by atoms with Crippen molar-refractivity contribution in [2.24, 2.45) is 7.05 Å². The number of halogens is 2. The zero-order valence-corrected chi connectivity index (χ0v) is 10.7. The van der Waals surface area contributed by atoms with Gasteiger partial charge in [-0.15, -0.1) is 0 Å². The summed E-state index contributed by atoms with van der Waals surface area (Å²) in [6.07, 6.45) is 4.16. The summed E-state index contributed by atoms with van der Waals surface area (Å²) in [5.41, 5.74) is 1.12. The number of aromatic nitrogens is 1. The van der Waals surface area contributed by atoms with Crippen molar-refractivity contribution < 1.29 is 13.9 Å². The molecule has 0 saturated carbocycles. The van der Waals surface area contributed by atoms with Crippen LogP contribution in [0.25, 0.3) is 0 Å². The average molecular weight is 266 g/mol. The quantitative estimate of drug-likeness (QED) is 0.815. The van der Waals surface area contributed by atoms with Crippen LogP contribution >= 0.6 is 0 Å². The topological polar surface area (TPSA) is 37.2 Å². The Morgan fingerprint density at radius 1 is 1.26 bits per heavy atom. The van der Waals surface area contributed by atoms with Crippen LogP contribution in [-0.4, -0.2) is 16.2 Å². The predicted molar refractivity (Wildman–Crippen MR) is 68.8 cm³/mol. The zero-order chi connectivity index (χ0) is 13.8. The normalized spacial score (nSPS) is 10.9. The molecule has 0 aliphatic carbocycles. The Morgan fingerprint density at radius 2 is 1.95 bits per heavy atom. The highest BCUT2D eigenvalue weighted by atomic mass is 19.1. The first-order valence-corrected chi connectivity index (χ1v) is 6.04. The van der Waals surface area contributed by atoms with Crippen LogP contribution in [0.2, 0.25) is 0 Å². The number of hydrogen-bond acceptors (Lipinski definition) is 2. The molecule has 2 rings (SSSR count). The van der Waals surface area contributed by atoms with Gasteiger partial charge in [0.05, 0.1) is 0 Å². The van der Waals surface area contributed by atoms with E-state index < -0.39 is 17.4 Å². The number of rotatable bonds is 5. The summed E-state index contributed by atoms with van der Waals surface area (Å²) in [5, 5.41) is 12.2. The summed E-state index contributed by atoms with van der Waals surface area (Å²) in [6, 6.07) is 3.83. The van der Waals surface area contributed by atoms with Gasteiger partial charge in [-0.05, 0) is 24.6 Å². The van der Waals surface area contributed by atoms with Crippen LogP contribution in [0.1, 0.15) is 11.1 Å². The molecule has 0 radical (unpaired) electrons. The number of phenols is 1. The lowest BCUT2D eigenvalue weighted by Gasteiger charge is -2.07. The molecule has 2 aromatic rings. The Balaban J connectivity index is 1.86. The molecule has 0 saturated heterocycles. The van der Waals surface area contributed by atoms with Crippen LogP contribution in [0.15, 0.2) is 30.6 Å². The largest absolute Gasteiger partial charge is 0.508 e. The predicted octanol–water partition coefficient (Wildman–Crippen LogP) is 2.34. The first kappa shape index (κ1) is 13.5. The van der Waals surface area contributed by atoms with E-state index in [-0.39, 0.29) is 12.0 Å². The third kappa shape index (κ3) is 3.54. The van der Waals surface area contributed by atoms with Gasteiger partial charge in [0.1, 0.15) is 17.4 Å². The molecule has 19 heavy (non-hydrogen) atoms. The van der Waals surface area contributed by atoms with Gasteiger partial charge in [0.2, 0.25) is 0 Å². The van der Waals surface area contributed by atoms with Crippen LogP contribution in [0.4, 0.5) is 8.78 Å². The molecule has 1 aromatic carbocycles. The van der Waals surface area contributed by atoms with Crippen molar-refractivity contribution in [3.63, 3.8) is 0 Å². The molecule has 0 atom stereocenters. The lowest BCUT2D eigenvalue weighted by molar-refractivity contribution is 0.456. The second-order valence-electron chi connectivity index (χ2n) is 4.50. The highest BCUT2D eigenvalue weighted by molar-refractivity contribution is 5.29. The van der Waals surface area contributed by atoms with Crippen LogP contribution in [0.3, 0.4) is 0 Å². The number of hydrogen-bond donors (Lipinski definition) is 2. The number of aryl methyl sites for hydroxylation is 1. The minimum Gasteiger partial charge on any atom is -0.508 e. The monoisotopic (exact) mass is 266 g/mol. The standard InChI is InChI=1S/C14H16F2N2O/c1-18-5-3-10(9-18)8-17-4-2-12-13(15)6-11(19)7-14(12)16/h3,5-7,9,17,19H,2,4,8H2,1H3. The van der Waals surface area contributed by atoms with Gasteiger partial charge >= 0.3 is 0 Å². The smallest absolute Gasteiger partial charge is 0.133 e. The number of nitrogens with zero attached hydrogens (tertiary/aromatic N) is 1. The van der Waals surface area contributed by atoms with Gasteiger partial charge < -0.3 is 15.0 Å². The van der Waals surface area contributed by atoms with Gasteiger partial charge in [0, 0.05) is 43.7 Å². The van der Waals surface area contributed by atoms with Crippen molar-refractivity contribution in [2.45, 2.75) is 13.0 Å². The van der Waals surface area contributed by atoms with Crippen molar-refractivity contribution in [1.82, 2.24) is 9.88 Å². The van der Waals surface area contributed by atoms with E-state index in [2.05, 4.69) is 5.32 Å². The summed E-state index contributed by atoms with van der Waals surface area (Å²) in [6.45, 7) is 1.12. The number of benzene rings is 1. The molecule has 2 N–H and O–H groups in total.